The molecule has 2 amide bonds. The van der Waals surface area contributed by atoms with E-state index in [1.54, 1.807) is 24.2 Å². The van der Waals surface area contributed by atoms with Gasteiger partial charge in [0.15, 0.2) is 21.8 Å². The van der Waals surface area contributed by atoms with Crippen molar-refractivity contribution in [2.45, 2.75) is 16.6 Å². The third-order valence-corrected chi connectivity index (χ3v) is 9.27. The number of hydrogen-bond acceptors (Lipinski definition) is 13. The minimum Gasteiger partial charge on any atom is -0.497 e. The number of carbonyl (C=O) groups is 3. The van der Waals surface area contributed by atoms with Crippen LogP contribution in [-0.2, 0) is 26.3 Å². The SMILES string of the molecule is CO/N=C(/C(=O)N[C@@H]1C(=O)N2C(C(=O)O)=C(CSc3nc(-c4ccc(OC)cc4)nn3C)CSC12)c1csc(N)n1. The molecule has 0 aliphatic carbocycles. The summed E-state index contributed by atoms with van der Waals surface area (Å²) in [6.45, 7) is 0. The van der Waals surface area contributed by atoms with E-state index in [0.29, 0.717) is 22.3 Å². The summed E-state index contributed by atoms with van der Waals surface area (Å²) in [5.41, 5.74) is 7.01. The number of anilines is 1. The van der Waals surface area contributed by atoms with E-state index in [4.69, 9.17) is 15.3 Å². The number of nitrogens with two attached hydrogens (primary N) is 1. The molecule has 2 aromatic heterocycles. The van der Waals surface area contributed by atoms with Gasteiger partial charge in [0.05, 0.1) is 7.11 Å². The van der Waals surface area contributed by atoms with E-state index in [2.05, 4.69) is 25.5 Å². The molecule has 0 saturated carbocycles. The topological polar surface area (TPSA) is 187 Å². The van der Waals surface area contributed by atoms with Gasteiger partial charge in [0.25, 0.3) is 11.8 Å². The van der Waals surface area contributed by atoms with Gasteiger partial charge in [-0.15, -0.1) is 23.1 Å². The van der Waals surface area contributed by atoms with Gasteiger partial charge in [-0.05, 0) is 29.8 Å². The fourth-order valence-corrected chi connectivity index (χ4v) is 7.15. The number of carboxylic acid groups (broad SMARTS) is 1. The number of aliphatic carboxylic acids is 1. The summed E-state index contributed by atoms with van der Waals surface area (Å²) in [4.78, 5) is 52.9. The number of thioether (sulfide) groups is 2. The molecule has 4 N–H and O–H groups in total. The van der Waals surface area contributed by atoms with Crippen LogP contribution in [0.4, 0.5) is 5.13 Å². The van der Waals surface area contributed by atoms with Crippen molar-refractivity contribution in [2.24, 2.45) is 12.2 Å². The lowest BCUT2D eigenvalue weighted by Crippen LogP contribution is -2.71. The molecule has 17 heteroatoms. The van der Waals surface area contributed by atoms with Crippen molar-refractivity contribution in [1.82, 2.24) is 30.0 Å². The molecule has 1 saturated heterocycles. The van der Waals surface area contributed by atoms with Crippen LogP contribution in [0.15, 0.2) is 51.2 Å². The molecule has 1 fully saturated rings. The summed E-state index contributed by atoms with van der Waals surface area (Å²) in [6.07, 6.45) is 0. The van der Waals surface area contributed by atoms with Gasteiger partial charge in [-0.3, -0.25) is 14.5 Å². The number of hydrogen-bond donors (Lipinski definition) is 3. The maximum atomic E-state index is 13.1. The normalized spacial score (nSPS) is 18.6. The molecule has 214 valence electrons. The van der Waals surface area contributed by atoms with Crippen LogP contribution >= 0.6 is 34.9 Å². The van der Waals surface area contributed by atoms with Gasteiger partial charge in [0.1, 0.15) is 35.7 Å². The average molecular weight is 617 g/mol. The highest BCUT2D eigenvalue weighted by Crippen LogP contribution is 2.41. The molecule has 0 spiro atoms. The highest BCUT2D eigenvalue weighted by molar-refractivity contribution is 8.01. The quantitative estimate of drug-likeness (QED) is 0.129. The number of β-lactam (4-membered cyclic amide) rings is 1. The number of nitrogens with zero attached hydrogens (tertiary/aromatic N) is 6. The van der Waals surface area contributed by atoms with Gasteiger partial charge in [-0.2, -0.15) is 5.10 Å². The minimum absolute atomic E-state index is 0.0904. The fraction of sp³-hybridized carbons (Fsp3) is 0.292. The molecule has 1 aromatic carbocycles. The monoisotopic (exact) mass is 616 g/mol. The van der Waals surface area contributed by atoms with Gasteiger partial charge >= 0.3 is 5.97 Å². The number of carbonyl (C=O) groups excluding carboxylic acids is 2. The van der Waals surface area contributed by atoms with Crippen molar-refractivity contribution >= 4 is 63.5 Å². The largest absolute Gasteiger partial charge is 0.497 e. The van der Waals surface area contributed by atoms with Crippen LogP contribution in [0.5, 0.6) is 5.75 Å². The molecule has 4 heterocycles. The molecule has 14 nitrogen and oxygen atoms in total. The first-order chi connectivity index (χ1) is 19.7. The number of carboxylic acids is 1. The van der Waals surface area contributed by atoms with Crippen molar-refractivity contribution in [3.05, 3.63) is 46.6 Å². The Labute approximate surface area is 246 Å². The Bertz CT molecular complexity index is 1570. The average Bonchev–Trinajstić information content (AvgIpc) is 3.57. The number of aromatic nitrogens is 4. The molecular formula is C24H24N8O6S3. The first-order valence-corrected chi connectivity index (χ1v) is 14.8. The minimum atomic E-state index is -1.22. The number of nitrogens with one attached hydrogen (secondary N) is 1. The van der Waals surface area contributed by atoms with Crippen molar-refractivity contribution in [2.75, 3.05) is 31.5 Å². The maximum absolute atomic E-state index is 13.1. The fourth-order valence-electron chi connectivity index (χ4n) is 4.21. The summed E-state index contributed by atoms with van der Waals surface area (Å²) >= 11 is 3.81. The molecule has 2 aliphatic heterocycles. The molecule has 5 rings (SSSR count). The number of amides is 2. The summed E-state index contributed by atoms with van der Waals surface area (Å²) in [5, 5.41) is 22.6. The predicted octanol–water partition coefficient (Wildman–Crippen LogP) is 1.41. The zero-order chi connectivity index (χ0) is 29.3. The zero-order valence-electron chi connectivity index (χ0n) is 21.9. The molecule has 41 heavy (non-hydrogen) atoms. The first kappa shape index (κ1) is 28.4. The van der Waals surface area contributed by atoms with Gasteiger partial charge < -0.3 is 25.7 Å². The van der Waals surface area contributed by atoms with Gasteiger partial charge in [-0.25, -0.2) is 19.4 Å². The predicted molar refractivity (Wildman–Crippen MR) is 153 cm³/mol. The van der Waals surface area contributed by atoms with Crippen LogP contribution in [0, 0.1) is 0 Å². The molecule has 0 bridgehead atoms. The summed E-state index contributed by atoms with van der Waals surface area (Å²) < 4.78 is 6.82. The second-order valence-electron chi connectivity index (χ2n) is 8.67. The standard InChI is InChI=1S/C24H24N8O6S3/c1-31-24(28-18(29-31)11-4-6-13(37-2)7-5-11)41-9-12-8-39-21-16(20(34)32(21)17(12)22(35)36)27-19(33)15(30-38-3)14-10-40-23(25)26-14/h4-7,10,16,21H,8-9H2,1-3H3,(H2,25,26)(H,27,33)(H,35,36)/b30-15+/t16-,21?/m1/s1. The summed E-state index contributed by atoms with van der Waals surface area (Å²) in [7, 11) is 4.63. The van der Waals surface area contributed by atoms with Crippen LogP contribution < -0.4 is 15.8 Å². The van der Waals surface area contributed by atoms with Gasteiger partial charge in [0, 0.05) is 29.5 Å². The molecular weight excluding hydrogens is 593 g/mol. The van der Waals surface area contributed by atoms with Crippen molar-refractivity contribution in [1.29, 1.82) is 0 Å². The molecule has 0 radical (unpaired) electrons. The highest BCUT2D eigenvalue weighted by Gasteiger charge is 2.54. The Morgan fingerprint density at radius 3 is 2.66 bits per heavy atom. The van der Waals surface area contributed by atoms with Crippen molar-refractivity contribution in [3.8, 4) is 17.1 Å². The number of fused-ring (bicyclic) bond motifs is 1. The lowest BCUT2D eigenvalue weighted by molar-refractivity contribution is -0.150. The Kier molecular flexibility index (Phi) is 8.18. The van der Waals surface area contributed by atoms with E-state index in [1.807, 2.05) is 24.3 Å². The Morgan fingerprint density at radius 2 is 2.02 bits per heavy atom. The van der Waals surface area contributed by atoms with Crippen molar-refractivity contribution in [3.63, 3.8) is 0 Å². The zero-order valence-corrected chi connectivity index (χ0v) is 24.4. The number of methoxy groups -OCH3 is 1. The van der Waals surface area contributed by atoms with Crippen LogP contribution in [-0.4, -0.2) is 90.4 Å². The van der Waals surface area contributed by atoms with E-state index in [-0.39, 0.29) is 28.0 Å². The van der Waals surface area contributed by atoms with E-state index in [9.17, 15) is 19.5 Å². The number of thiazole rings is 1. The van der Waals surface area contributed by atoms with Crippen LogP contribution in [0.3, 0.4) is 0 Å². The Morgan fingerprint density at radius 1 is 1.27 bits per heavy atom. The molecule has 1 unspecified atom stereocenters. The number of benzene rings is 1. The van der Waals surface area contributed by atoms with Crippen LogP contribution in [0.1, 0.15) is 5.69 Å². The smallest absolute Gasteiger partial charge is 0.352 e. The lowest BCUT2D eigenvalue weighted by atomic mass is 10.0. The van der Waals surface area contributed by atoms with Crippen LogP contribution in [0.25, 0.3) is 11.4 Å². The number of rotatable bonds is 10. The van der Waals surface area contributed by atoms with E-state index in [1.165, 1.54) is 35.5 Å². The third-order valence-electron chi connectivity index (χ3n) is 6.15. The number of nitrogen functional groups attached to an aromatic ring is 1. The van der Waals surface area contributed by atoms with E-state index >= 15 is 0 Å². The second kappa shape index (κ2) is 11.8. The molecule has 3 aromatic rings. The first-order valence-electron chi connectivity index (χ1n) is 11.9. The summed E-state index contributed by atoms with van der Waals surface area (Å²) in [5.74, 6) is -0.571. The Balaban J connectivity index is 1.29. The number of ether oxygens (including phenoxy) is 1. The van der Waals surface area contributed by atoms with E-state index in [0.717, 1.165) is 22.6 Å². The number of oxime groups is 1. The van der Waals surface area contributed by atoms with Crippen LogP contribution in [0.2, 0.25) is 0 Å². The van der Waals surface area contributed by atoms with Gasteiger partial charge in [0.2, 0.25) is 0 Å². The van der Waals surface area contributed by atoms with Gasteiger partial charge in [-0.1, -0.05) is 16.9 Å². The third kappa shape index (κ3) is 5.59. The molecule has 2 aliphatic rings. The van der Waals surface area contributed by atoms with E-state index < -0.39 is 29.2 Å². The molecule has 2 atom stereocenters. The maximum Gasteiger partial charge on any atom is 0.352 e. The second-order valence-corrected chi connectivity index (χ2v) is 11.6. The summed E-state index contributed by atoms with van der Waals surface area (Å²) in [6, 6.07) is 6.40. The number of aryl methyl sites for hydroxylation is 1. The Hall–Kier alpha value is -4.09. The van der Waals surface area contributed by atoms with Crippen molar-refractivity contribution < 1.29 is 29.1 Å². The highest BCUT2D eigenvalue weighted by atomic mass is 32.2. The lowest BCUT2D eigenvalue weighted by Gasteiger charge is -2.49.